The predicted octanol–water partition coefficient (Wildman–Crippen LogP) is 4.74. The van der Waals surface area contributed by atoms with E-state index in [4.69, 9.17) is 13.3 Å². The smallest absolute Gasteiger partial charge is 0.374 e. The topological polar surface area (TPSA) is 27.7 Å². The van der Waals surface area contributed by atoms with Gasteiger partial charge in [-0.25, -0.2) is 13.2 Å². The van der Waals surface area contributed by atoms with Crippen molar-refractivity contribution < 1.29 is 39.6 Å². The van der Waals surface area contributed by atoms with Crippen molar-refractivity contribution in [2.75, 3.05) is 13.2 Å². The Labute approximate surface area is 133 Å². The van der Waals surface area contributed by atoms with Crippen LogP contribution in [0.25, 0.3) is 0 Å². The standard InChI is InChI=1S/C13H24F6O3Si/c1-5-8-23(20-6-2,21-7-3)22-10(4)13(18,19)11(14)9-12(15,16)17/h10-11H,5-9H2,1-4H3. The van der Waals surface area contributed by atoms with Gasteiger partial charge in [0.2, 0.25) is 0 Å². The van der Waals surface area contributed by atoms with Crippen LogP contribution in [-0.2, 0) is 13.3 Å². The van der Waals surface area contributed by atoms with E-state index < -0.39 is 39.6 Å². The highest BCUT2D eigenvalue weighted by Gasteiger charge is 2.54. The zero-order chi connectivity index (χ0) is 18.3. The highest BCUT2D eigenvalue weighted by molar-refractivity contribution is 6.60. The van der Waals surface area contributed by atoms with Crippen molar-refractivity contribution in [3.63, 3.8) is 0 Å². The molecule has 0 aliphatic carbocycles. The molecule has 10 heteroatoms. The Balaban J connectivity index is 5.17. The normalized spacial score (nSPS) is 16.4. The molecular weight excluding hydrogens is 346 g/mol. The molecule has 2 unspecified atom stereocenters. The number of hydrogen-bond donors (Lipinski definition) is 0. The summed E-state index contributed by atoms with van der Waals surface area (Å²) in [5, 5.41) is 0. The van der Waals surface area contributed by atoms with Crippen LogP contribution in [0.15, 0.2) is 0 Å². The zero-order valence-corrected chi connectivity index (χ0v) is 14.7. The lowest BCUT2D eigenvalue weighted by atomic mass is 10.1. The summed E-state index contributed by atoms with van der Waals surface area (Å²) >= 11 is 0. The summed E-state index contributed by atoms with van der Waals surface area (Å²) in [6.07, 6.45) is -12.3. The minimum Gasteiger partial charge on any atom is -0.374 e. The van der Waals surface area contributed by atoms with Crippen LogP contribution < -0.4 is 0 Å². The van der Waals surface area contributed by atoms with Gasteiger partial charge in [-0.1, -0.05) is 13.3 Å². The van der Waals surface area contributed by atoms with Gasteiger partial charge in [0.1, 0.15) is 6.10 Å². The summed E-state index contributed by atoms with van der Waals surface area (Å²) in [6.45, 7) is 6.08. The summed E-state index contributed by atoms with van der Waals surface area (Å²) in [6, 6.07) is 0.214. The largest absolute Gasteiger partial charge is 0.501 e. The lowest BCUT2D eigenvalue weighted by molar-refractivity contribution is -0.202. The Morgan fingerprint density at radius 2 is 1.43 bits per heavy atom. The predicted molar refractivity (Wildman–Crippen MR) is 75.2 cm³/mol. The van der Waals surface area contributed by atoms with Gasteiger partial charge in [-0.15, -0.1) is 0 Å². The lowest BCUT2D eigenvalue weighted by Gasteiger charge is -2.35. The fourth-order valence-corrected chi connectivity index (χ4v) is 4.81. The van der Waals surface area contributed by atoms with Crippen molar-refractivity contribution in [1.29, 1.82) is 0 Å². The van der Waals surface area contributed by atoms with E-state index in [1.807, 2.05) is 0 Å². The van der Waals surface area contributed by atoms with Crippen LogP contribution in [0.4, 0.5) is 26.3 Å². The quantitative estimate of drug-likeness (QED) is 0.388. The first-order chi connectivity index (χ1) is 10.4. The molecule has 140 valence electrons. The van der Waals surface area contributed by atoms with Crippen LogP contribution in [0.2, 0.25) is 6.04 Å². The highest BCUT2D eigenvalue weighted by atomic mass is 28.4. The molecule has 0 saturated carbocycles. The van der Waals surface area contributed by atoms with Gasteiger partial charge >= 0.3 is 20.9 Å². The Bertz CT molecular complexity index is 323. The Morgan fingerprint density at radius 1 is 0.957 bits per heavy atom. The Hall–Kier alpha value is -0.323. The maximum Gasteiger partial charge on any atom is 0.501 e. The van der Waals surface area contributed by atoms with Crippen LogP contribution >= 0.6 is 0 Å². The maximum atomic E-state index is 13.9. The summed E-state index contributed by atoms with van der Waals surface area (Å²) < 4.78 is 93.6. The van der Waals surface area contributed by atoms with Gasteiger partial charge < -0.3 is 13.3 Å². The average molecular weight is 370 g/mol. The third-order valence-corrected chi connectivity index (χ3v) is 6.29. The second-order valence-electron chi connectivity index (χ2n) is 5.02. The second-order valence-corrected chi connectivity index (χ2v) is 7.70. The van der Waals surface area contributed by atoms with E-state index in [9.17, 15) is 26.3 Å². The van der Waals surface area contributed by atoms with Crippen LogP contribution in [0, 0.1) is 0 Å². The van der Waals surface area contributed by atoms with Crippen molar-refractivity contribution >= 4 is 8.80 Å². The van der Waals surface area contributed by atoms with Crippen molar-refractivity contribution in [2.45, 2.75) is 71.0 Å². The third kappa shape index (κ3) is 7.40. The number of halogens is 6. The zero-order valence-electron chi connectivity index (χ0n) is 13.7. The molecular formula is C13H24F6O3Si. The molecule has 0 N–H and O–H groups in total. The van der Waals surface area contributed by atoms with Gasteiger partial charge in [0.15, 0.2) is 6.17 Å². The molecule has 0 aromatic rings. The van der Waals surface area contributed by atoms with E-state index in [-0.39, 0.29) is 19.3 Å². The van der Waals surface area contributed by atoms with E-state index in [0.717, 1.165) is 6.92 Å². The molecule has 0 aromatic carbocycles. The first-order valence-electron chi connectivity index (χ1n) is 7.48. The van der Waals surface area contributed by atoms with Crippen LogP contribution in [0.1, 0.15) is 40.5 Å². The van der Waals surface area contributed by atoms with Gasteiger partial charge in [0, 0.05) is 19.3 Å². The maximum absolute atomic E-state index is 13.9. The molecule has 0 amide bonds. The Kier molecular flexibility index (Phi) is 9.11. The molecule has 2 atom stereocenters. The van der Waals surface area contributed by atoms with Crippen molar-refractivity contribution in [1.82, 2.24) is 0 Å². The molecule has 0 heterocycles. The van der Waals surface area contributed by atoms with E-state index in [2.05, 4.69) is 0 Å². The molecule has 3 nitrogen and oxygen atoms in total. The number of rotatable bonds is 11. The summed E-state index contributed by atoms with van der Waals surface area (Å²) in [4.78, 5) is 0. The molecule has 0 saturated heterocycles. The van der Waals surface area contributed by atoms with Gasteiger partial charge in [0.25, 0.3) is 0 Å². The number of hydrogen-bond acceptors (Lipinski definition) is 3. The van der Waals surface area contributed by atoms with E-state index in [0.29, 0.717) is 6.42 Å². The van der Waals surface area contributed by atoms with E-state index in [1.165, 1.54) is 0 Å². The number of alkyl halides is 6. The first kappa shape index (κ1) is 22.7. The summed E-state index contributed by atoms with van der Waals surface area (Å²) in [7, 11) is -3.50. The molecule has 0 bridgehead atoms. The van der Waals surface area contributed by atoms with Crippen molar-refractivity contribution in [3.8, 4) is 0 Å². The molecule has 0 aliphatic rings. The fourth-order valence-electron chi connectivity index (χ4n) is 2.00. The fraction of sp³-hybridized carbons (Fsp3) is 1.00. The molecule has 0 radical (unpaired) electrons. The minimum absolute atomic E-state index is 0.131. The summed E-state index contributed by atoms with van der Waals surface area (Å²) in [5.41, 5.74) is 0. The molecule has 23 heavy (non-hydrogen) atoms. The van der Waals surface area contributed by atoms with Gasteiger partial charge in [0.05, 0.1) is 6.42 Å². The third-order valence-electron chi connectivity index (χ3n) is 3.01. The van der Waals surface area contributed by atoms with Crippen LogP contribution in [0.3, 0.4) is 0 Å². The molecule has 0 aromatic heterocycles. The van der Waals surface area contributed by atoms with Crippen LogP contribution in [-0.4, -0.2) is 46.4 Å². The van der Waals surface area contributed by atoms with Crippen molar-refractivity contribution in [2.24, 2.45) is 0 Å². The van der Waals surface area contributed by atoms with E-state index in [1.54, 1.807) is 20.8 Å². The van der Waals surface area contributed by atoms with Crippen molar-refractivity contribution in [3.05, 3.63) is 0 Å². The lowest BCUT2D eigenvalue weighted by Crippen LogP contribution is -2.54. The average Bonchev–Trinajstić information content (AvgIpc) is 2.37. The van der Waals surface area contributed by atoms with Gasteiger partial charge in [-0.3, -0.25) is 0 Å². The summed E-state index contributed by atoms with van der Waals surface area (Å²) in [5.74, 6) is -4.31. The molecule has 0 aliphatic heterocycles. The van der Waals surface area contributed by atoms with Crippen LogP contribution in [0.5, 0.6) is 0 Å². The monoisotopic (exact) mass is 370 g/mol. The molecule has 0 rings (SSSR count). The van der Waals surface area contributed by atoms with Gasteiger partial charge in [-0.2, -0.15) is 13.2 Å². The Morgan fingerprint density at radius 3 is 1.78 bits per heavy atom. The molecule has 0 fully saturated rings. The first-order valence-corrected chi connectivity index (χ1v) is 9.41. The minimum atomic E-state index is -5.03. The highest BCUT2D eigenvalue weighted by Crippen LogP contribution is 2.37. The second kappa shape index (κ2) is 9.24. The molecule has 0 spiro atoms. The van der Waals surface area contributed by atoms with E-state index >= 15 is 0 Å². The SMILES string of the molecule is CCC[Si](OCC)(OCC)OC(C)C(F)(F)C(F)CC(F)(F)F. The van der Waals surface area contributed by atoms with Gasteiger partial charge in [-0.05, 0) is 20.8 Å².